The second-order valence-corrected chi connectivity index (χ2v) is 7.25. The van der Waals surface area contributed by atoms with Crippen molar-refractivity contribution in [2.45, 2.75) is 14.9 Å². The van der Waals surface area contributed by atoms with E-state index in [1.165, 1.54) is 23.3 Å². The van der Waals surface area contributed by atoms with Crippen LogP contribution in [-0.4, -0.2) is 48.1 Å². The molecule has 5 aromatic heterocycles. The summed E-state index contributed by atoms with van der Waals surface area (Å²) in [6.45, 7) is 0. The molecule has 0 atom stereocenters. The quantitative estimate of drug-likeness (QED) is 0.228. The summed E-state index contributed by atoms with van der Waals surface area (Å²) in [6.07, 6.45) is 14.5. The van der Waals surface area contributed by atoms with E-state index in [4.69, 9.17) is 0 Å². The molecular formula is C27H36ClN8Os. The topological polar surface area (TPSA) is 77.5 Å². The molecule has 0 unspecified atom stereocenters. The maximum absolute atomic E-state index is 4.67. The van der Waals surface area contributed by atoms with E-state index in [1.807, 2.05) is 103 Å². The predicted octanol–water partition coefficient (Wildman–Crippen LogP) is 6.07. The van der Waals surface area contributed by atoms with Gasteiger partial charge in [-0.2, -0.15) is 0 Å². The zero-order valence-corrected chi connectivity index (χ0v) is 23.3. The fraction of sp³-hybridized carbons (Fsp3) is 0.222. The minimum atomic E-state index is 0. The van der Waals surface area contributed by atoms with Crippen LogP contribution in [-0.2, 0) is 31.7 Å². The fourth-order valence-corrected chi connectivity index (χ4v) is 2.86. The molecular weight excluding hydrogens is 662 g/mol. The number of hydrogen-bond donors (Lipinski definition) is 0. The van der Waals surface area contributed by atoms with Crippen molar-refractivity contribution in [2.24, 2.45) is 14.1 Å². The van der Waals surface area contributed by atoms with Gasteiger partial charge in [-0.05, 0) is 36.4 Å². The molecule has 10 heteroatoms. The summed E-state index contributed by atoms with van der Waals surface area (Å²) < 4.78 is 3.89. The number of aryl methyl sites for hydroxylation is 2. The molecule has 5 aromatic rings. The SMILES string of the molecule is C.C.CN(C)c1ccncc1.Cn1ccnc1-c1ccccn1.Cn1ccnc1-c1ccccn1.[Cl][Os]. The number of pyridine rings is 3. The molecule has 0 saturated carbocycles. The molecule has 0 aromatic carbocycles. The molecule has 199 valence electrons. The molecule has 0 spiro atoms. The Balaban J connectivity index is 0.000000500. The number of halogens is 1. The summed E-state index contributed by atoms with van der Waals surface area (Å²) in [5.74, 6) is 1.80. The van der Waals surface area contributed by atoms with Gasteiger partial charge < -0.3 is 14.0 Å². The van der Waals surface area contributed by atoms with Crippen molar-refractivity contribution in [3.8, 4) is 23.0 Å². The van der Waals surface area contributed by atoms with Crippen molar-refractivity contribution in [3.63, 3.8) is 0 Å². The zero-order chi connectivity index (χ0) is 25.5. The number of aromatic nitrogens is 7. The average Bonchev–Trinajstić information content (AvgIpc) is 3.55. The van der Waals surface area contributed by atoms with E-state index in [0.717, 1.165) is 23.0 Å². The van der Waals surface area contributed by atoms with Crippen LogP contribution in [0.15, 0.2) is 98.1 Å². The second-order valence-electron chi connectivity index (χ2n) is 7.25. The average molecular weight is 698 g/mol. The van der Waals surface area contributed by atoms with Crippen molar-refractivity contribution >= 4 is 15.3 Å². The number of anilines is 1. The van der Waals surface area contributed by atoms with Gasteiger partial charge in [0.25, 0.3) is 0 Å². The third kappa shape index (κ3) is 11.0. The monoisotopic (exact) mass is 699 g/mol. The Morgan fingerprint density at radius 1 is 0.622 bits per heavy atom. The first-order valence-electron chi connectivity index (χ1n) is 10.5. The molecule has 0 radical (unpaired) electrons. The summed E-state index contributed by atoms with van der Waals surface area (Å²) in [5.41, 5.74) is 3.00. The van der Waals surface area contributed by atoms with Gasteiger partial charge in [-0.25, -0.2) is 9.97 Å². The molecule has 0 aliphatic rings. The maximum atomic E-state index is 4.67. The fourth-order valence-electron chi connectivity index (χ4n) is 2.86. The molecule has 5 heterocycles. The van der Waals surface area contributed by atoms with Crippen molar-refractivity contribution in [2.75, 3.05) is 19.0 Å². The molecule has 0 aliphatic carbocycles. The predicted molar refractivity (Wildman–Crippen MR) is 151 cm³/mol. The number of nitrogens with zero attached hydrogens (tertiary/aromatic N) is 8. The normalized spacial score (nSPS) is 8.92. The van der Waals surface area contributed by atoms with Crippen LogP contribution in [0.1, 0.15) is 14.9 Å². The van der Waals surface area contributed by atoms with Crippen LogP contribution < -0.4 is 4.90 Å². The van der Waals surface area contributed by atoms with Crippen molar-refractivity contribution < 1.29 is 17.6 Å². The van der Waals surface area contributed by atoms with Gasteiger partial charge in [0.05, 0.1) is 0 Å². The van der Waals surface area contributed by atoms with Crippen LogP contribution in [0.5, 0.6) is 0 Å². The summed E-state index contributed by atoms with van der Waals surface area (Å²) in [6, 6.07) is 15.5. The van der Waals surface area contributed by atoms with Gasteiger partial charge in [-0.1, -0.05) is 27.0 Å². The number of imidazole rings is 2. The van der Waals surface area contributed by atoms with Crippen LogP contribution in [0.25, 0.3) is 23.0 Å². The Bertz CT molecular complexity index is 1140. The van der Waals surface area contributed by atoms with Crippen LogP contribution in [0.2, 0.25) is 0 Å². The molecule has 0 fully saturated rings. The second kappa shape index (κ2) is 18.8. The summed E-state index contributed by atoms with van der Waals surface area (Å²) in [5, 5.41) is 0. The van der Waals surface area contributed by atoms with E-state index in [1.54, 1.807) is 37.2 Å². The zero-order valence-electron chi connectivity index (χ0n) is 20.0. The van der Waals surface area contributed by atoms with E-state index >= 15 is 0 Å². The van der Waals surface area contributed by atoms with Gasteiger partial charge in [0.15, 0.2) is 11.6 Å². The first kappa shape index (κ1) is 33.6. The molecule has 5 rings (SSSR count). The Morgan fingerprint density at radius 3 is 1.32 bits per heavy atom. The van der Waals surface area contributed by atoms with Gasteiger partial charge in [0.1, 0.15) is 11.4 Å². The molecule has 0 aliphatic heterocycles. The third-order valence-electron chi connectivity index (χ3n) is 4.61. The van der Waals surface area contributed by atoms with Crippen molar-refractivity contribution in [1.82, 2.24) is 34.1 Å². The first-order chi connectivity index (χ1) is 17.1. The van der Waals surface area contributed by atoms with Gasteiger partial charge in [0, 0.05) is 83.5 Å². The van der Waals surface area contributed by atoms with Crippen molar-refractivity contribution in [3.05, 3.63) is 98.1 Å². The van der Waals surface area contributed by atoms with Gasteiger partial charge in [0.2, 0.25) is 0 Å². The van der Waals surface area contributed by atoms with E-state index < -0.39 is 0 Å². The summed E-state index contributed by atoms with van der Waals surface area (Å²) >= 11 is 1.33. The number of rotatable bonds is 3. The van der Waals surface area contributed by atoms with E-state index in [9.17, 15) is 0 Å². The van der Waals surface area contributed by atoms with Crippen LogP contribution in [0.4, 0.5) is 5.69 Å². The molecule has 0 N–H and O–H groups in total. The molecule has 37 heavy (non-hydrogen) atoms. The number of hydrogen-bond acceptors (Lipinski definition) is 6. The standard InChI is InChI=1S/2C9H9N3.C7H10N2.2CH4.ClH.Os/c2*1-12-7-6-11-9(12)8-4-2-3-5-10-8;1-9(2)7-3-5-8-6-4-7;;;;/h2*2-7H,1H3;3-6H,1-2H3;2*1H4;1H;/q;;;;;;+1/p-1. The third-order valence-corrected chi connectivity index (χ3v) is 4.61. The molecule has 8 nitrogen and oxygen atoms in total. The van der Waals surface area contributed by atoms with Crippen LogP contribution in [0, 0.1) is 0 Å². The van der Waals surface area contributed by atoms with Crippen molar-refractivity contribution in [1.29, 1.82) is 0 Å². The van der Waals surface area contributed by atoms with Crippen LogP contribution in [0.3, 0.4) is 0 Å². The van der Waals surface area contributed by atoms with E-state index in [-0.39, 0.29) is 14.9 Å². The van der Waals surface area contributed by atoms with Gasteiger partial charge in [-0.3, -0.25) is 15.0 Å². The van der Waals surface area contributed by atoms with E-state index in [0.29, 0.717) is 0 Å². The first-order valence-corrected chi connectivity index (χ1v) is 13.7. The Kier molecular flexibility index (Phi) is 17.1. The molecule has 0 amide bonds. The Morgan fingerprint density at radius 2 is 1.05 bits per heavy atom. The Hall–Kier alpha value is -3.40. The Labute approximate surface area is 235 Å². The summed E-state index contributed by atoms with van der Waals surface area (Å²) in [4.78, 5) is 22.7. The van der Waals surface area contributed by atoms with E-state index in [2.05, 4.69) is 34.6 Å². The van der Waals surface area contributed by atoms with Gasteiger partial charge >= 0.3 is 27.2 Å². The summed E-state index contributed by atoms with van der Waals surface area (Å²) in [7, 11) is 12.6. The minimum absolute atomic E-state index is 0. The molecule has 0 saturated heterocycles. The van der Waals surface area contributed by atoms with Crippen LogP contribution >= 0.6 is 9.64 Å². The van der Waals surface area contributed by atoms with Gasteiger partial charge in [-0.15, -0.1) is 0 Å². The molecule has 0 bridgehead atoms.